The summed E-state index contributed by atoms with van der Waals surface area (Å²) in [6, 6.07) is 7.07. The van der Waals surface area contributed by atoms with Crippen LogP contribution in [-0.4, -0.2) is 52.6 Å². The van der Waals surface area contributed by atoms with Crippen molar-refractivity contribution in [3.8, 4) is 11.4 Å². The van der Waals surface area contributed by atoms with Crippen LogP contribution in [0.1, 0.15) is 46.0 Å². The summed E-state index contributed by atoms with van der Waals surface area (Å²) in [5.41, 5.74) is 2.74. The van der Waals surface area contributed by atoms with Gasteiger partial charge in [-0.2, -0.15) is 0 Å². The van der Waals surface area contributed by atoms with E-state index >= 15 is 0 Å². The molecule has 0 fully saturated rings. The Bertz CT molecular complexity index is 1440. The number of carbonyl (C=O) groups excluding carboxylic acids is 2. The molecule has 1 atom stereocenters. The minimum Gasteiger partial charge on any atom is -0.458 e. The van der Waals surface area contributed by atoms with Gasteiger partial charge >= 0.3 is 5.97 Å². The second-order valence-corrected chi connectivity index (χ2v) is 9.07. The zero-order valence-corrected chi connectivity index (χ0v) is 19.6. The number of hydrogen-bond donors (Lipinski definition) is 2. The molecule has 2 aliphatic heterocycles. The molecule has 9 heteroatoms. The third kappa shape index (κ3) is 3.08. The first-order chi connectivity index (χ1) is 16.2. The van der Waals surface area contributed by atoms with Crippen LogP contribution in [0.15, 0.2) is 29.1 Å². The van der Waals surface area contributed by atoms with Gasteiger partial charge in [0.05, 0.1) is 29.0 Å². The quantitative estimate of drug-likeness (QED) is 0.442. The summed E-state index contributed by atoms with van der Waals surface area (Å²) < 4.78 is 6.78. The lowest BCUT2D eigenvalue weighted by Gasteiger charge is -2.31. The Morgan fingerprint density at radius 1 is 1.26 bits per heavy atom. The van der Waals surface area contributed by atoms with E-state index in [1.165, 1.54) is 0 Å². The highest BCUT2D eigenvalue weighted by molar-refractivity contribution is 5.99. The summed E-state index contributed by atoms with van der Waals surface area (Å²) in [5, 5.41) is 14.6. The first-order valence-corrected chi connectivity index (χ1v) is 11.2. The molecule has 3 aromatic rings. The number of aliphatic hydroxyl groups is 1. The average molecular weight is 463 g/mol. The Kier molecular flexibility index (Phi) is 5.07. The highest BCUT2D eigenvalue weighted by atomic mass is 16.6. The number of esters is 1. The molecule has 4 heterocycles. The number of cyclic esters (lactones) is 1. The number of pyridine rings is 2. The topological polar surface area (TPSA) is 114 Å². The van der Waals surface area contributed by atoms with E-state index < -0.39 is 11.6 Å². The van der Waals surface area contributed by atoms with Gasteiger partial charge < -0.3 is 24.6 Å². The number of rotatable bonds is 4. The van der Waals surface area contributed by atoms with Crippen molar-refractivity contribution in [1.82, 2.24) is 19.8 Å². The first kappa shape index (κ1) is 22.2. The molecule has 0 unspecified atom stereocenters. The van der Waals surface area contributed by atoms with Gasteiger partial charge in [-0.25, -0.2) is 9.78 Å². The van der Waals surface area contributed by atoms with E-state index in [2.05, 4.69) is 5.32 Å². The molecule has 0 bridgehead atoms. The third-order valence-corrected chi connectivity index (χ3v) is 6.77. The molecule has 5 rings (SSSR count). The fourth-order valence-corrected chi connectivity index (χ4v) is 4.94. The summed E-state index contributed by atoms with van der Waals surface area (Å²) in [6.45, 7) is 2.41. The molecule has 1 aromatic carbocycles. The van der Waals surface area contributed by atoms with Crippen LogP contribution in [0.25, 0.3) is 22.3 Å². The van der Waals surface area contributed by atoms with E-state index in [4.69, 9.17) is 9.72 Å². The Hall–Kier alpha value is -3.56. The molecule has 2 aromatic heterocycles. The molecule has 9 nitrogen and oxygen atoms in total. The van der Waals surface area contributed by atoms with Crippen LogP contribution >= 0.6 is 0 Å². The SMILES string of the molecule is CC[C@@]1(O)C(=O)OCc2c1cc1n(c2=O)Cc2c-1nc1ccc(C(=O)NC)cc1c2CN(C)C. The maximum atomic E-state index is 13.5. The minimum atomic E-state index is -1.86. The minimum absolute atomic E-state index is 0.0912. The van der Waals surface area contributed by atoms with Gasteiger partial charge in [-0.3, -0.25) is 9.59 Å². The number of nitrogens with one attached hydrogen (secondary N) is 1. The van der Waals surface area contributed by atoms with E-state index in [9.17, 15) is 19.5 Å². The number of hydrogen-bond acceptors (Lipinski definition) is 7. The van der Waals surface area contributed by atoms with Crippen molar-refractivity contribution in [2.45, 2.75) is 38.6 Å². The predicted octanol–water partition coefficient (Wildman–Crippen LogP) is 1.50. The predicted molar refractivity (Wildman–Crippen MR) is 125 cm³/mol. The molecule has 2 N–H and O–H groups in total. The fraction of sp³-hybridized carbons (Fsp3) is 0.360. The van der Waals surface area contributed by atoms with Crippen molar-refractivity contribution < 1.29 is 19.4 Å². The van der Waals surface area contributed by atoms with Gasteiger partial charge in [-0.1, -0.05) is 6.92 Å². The molecule has 0 aliphatic carbocycles. The van der Waals surface area contributed by atoms with E-state index in [-0.39, 0.29) is 24.5 Å². The number of carbonyl (C=O) groups is 2. The average Bonchev–Trinajstić information content (AvgIpc) is 3.19. The molecule has 176 valence electrons. The van der Waals surface area contributed by atoms with Crippen LogP contribution < -0.4 is 10.9 Å². The summed E-state index contributed by atoms with van der Waals surface area (Å²) in [6.07, 6.45) is 0.0912. The maximum Gasteiger partial charge on any atom is 0.343 e. The zero-order chi connectivity index (χ0) is 24.4. The van der Waals surface area contributed by atoms with Gasteiger partial charge in [0.2, 0.25) is 0 Å². The molecule has 0 saturated carbocycles. The number of amides is 1. The van der Waals surface area contributed by atoms with E-state index in [1.54, 1.807) is 36.7 Å². The van der Waals surface area contributed by atoms with Gasteiger partial charge in [-0.15, -0.1) is 0 Å². The first-order valence-electron chi connectivity index (χ1n) is 11.2. The molecule has 0 saturated heterocycles. The van der Waals surface area contributed by atoms with E-state index in [1.807, 2.05) is 25.1 Å². The largest absolute Gasteiger partial charge is 0.458 e. The molecule has 2 aliphatic rings. The fourth-order valence-electron chi connectivity index (χ4n) is 4.94. The summed E-state index contributed by atoms with van der Waals surface area (Å²) in [4.78, 5) is 45.0. The van der Waals surface area contributed by atoms with Crippen molar-refractivity contribution in [3.05, 3.63) is 62.4 Å². The molecule has 0 radical (unpaired) electrons. The summed E-state index contributed by atoms with van der Waals surface area (Å²) in [5.74, 6) is -0.930. The van der Waals surface area contributed by atoms with Gasteiger partial charge in [0.15, 0.2) is 5.60 Å². The van der Waals surface area contributed by atoms with Gasteiger partial charge in [0.1, 0.15) is 6.61 Å². The number of benzene rings is 1. The maximum absolute atomic E-state index is 13.5. The van der Waals surface area contributed by atoms with Crippen LogP contribution in [0.4, 0.5) is 0 Å². The van der Waals surface area contributed by atoms with Crippen LogP contribution in [0.2, 0.25) is 0 Å². The van der Waals surface area contributed by atoms with Gasteiger partial charge in [0, 0.05) is 35.7 Å². The smallest absolute Gasteiger partial charge is 0.343 e. The van der Waals surface area contributed by atoms with Crippen molar-refractivity contribution in [1.29, 1.82) is 0 Å². The van der Waals surface area contributed by atoms with E-state index in [0.29, 0.717) is 46.7 Å². The van der Waals surface area contributed by atoms with Crippen LogP contribution in [-0.2, 0) is 34.8 Å². The number of fused-ring (bicyclic) bond motifs is 5. The van der Waals surface area contributed by atoms with Crippen molar-refractivity contribution in [2.75, 3.05) is 21.1 Å². The monoisotopic (exact) mass is 462 g/mol. The Balaban J connectivity index is 1.79. The lowest BCUT2D eigenvalue weighted by molar-refractivity contribution is -0.172. The summed E-state index contributed by atoms with van der Waals surface area (Å²) >= 11 is 0. The van der Waals surface area contributed by atoms with Crippen LogP contribution in [0.3, 0.4) is 0 Å². The second kappa shape index (κ2) is 7.75. The summed E-state index contributed by atoms with van der Waals surface area (Å²) in [7, 11) is 5.50. The molecular weight excluding hydrogens is 436 g/mol. The van der Waals surface area contributed by atoms with Gasteiger partial charge in [0.25, 0.3) is 11.5 Å². The normalized spacial score (nSPS) is 18.5. The highest BCUT2D eigenvalue weighted by Crippen LogP contribution is 2.40. The van der Waals surface area contributed by atoms with Gasteiger partial charge in [-0.05, 0) is 50.3 Å². The Morgan fingerprint density at radius 2 is 2.03 bits per heavy atom. The van der Waals surface area contributed by atoms with Crippen molar-refractivity contribution in [3.63, 3.8) is 0 Å². The highest BCUT2D eigenvalue weighted by Gasteiger charge is 2.45. The van der Waals surface area contributed by atoms with Crippen LogP contribution in [0.5, 0.6) is 0 Å². The molecule has 34 heavy (non-hydrogen) atoms. The van der Waals surface area contributed by atoms with Crippen molar-refractivity contribution >= 4 is 22.8 Å². The molecular formula is C25H26N4O5. The second-order valence-electron chi connectivity index (χ2n) is 9.07. The zero-order valence-electron chi connectivity index (χ0n) is 19.6. The standard InChI is InChI=1S/C25H26N4O5/c1-5-25(33)18-9-20-21-16(11-29(20)23(31)17(18)12-34-24(25)32)15(10-28(3)4)14-8-13(22(30)26-2)6-7-19(14)27-21/h6-9,33H,5,10-12H2,1-4H3,(H,26,30)/t25-/m0/s1. The number of nitrogens with zero attached hydrogens (tertiary/aromatic N) is 3. The number of ether oxygens (including phenoxy) is 1. The van der Waals surface area contributed by atoms with Crippen LogP contribution in [0, 0.1) is 0 Å². The molecule has 1 amide bonds. The third-order valence-electron chi connectivity index (χ3n) is 6.77. The Morgan fingerprint density at radius 3 is 2.71 bits per heavy atom. The lowest BCUT2D eigenvalue weighted by atomic mass is 9.86. The lowest BCUT2D eigenvalue weighted by Crippen LogP contribution is -2.44. The molecule has 0 spiro atoms. The van der Waals surface area contributed by atoms with Crippen molar-refractivity contribution in [2.24, 2.45) is 0 Å². The van der Waals surface area contributed by atoms with E-state index in [0.717, 1.165) is 16.5 Å². The number of aromatic nitrogens is 2. The Labute approximate surface area is 196 Å².